The average Bonchev–Trinajstić information content (AvgIpc) is 3.11. The molecule has 0 aromatic rings. The number of carbonyl (C=O) groups is 4. The molecule has 1 rings (SSSR count). The van der Waals surface area contributed by atoms with Crippen LogP contribution in [0.5, 0.6) is 0 Å². The molecule has 3 atom stereocenters. The van der Waals surface area contributed by atoms with Crippen LogP contribution in [0.3, 0.4) is 0 Å². The summed E-state index contributed by atoms with van der Waals surface area (Å²) in [6.45, 7) is 7.95. The van der Waals surface area contributed by atoms with Gasteiger partial charge in [-0.1, -0.05) is 6.42 Å². The summed E-state index contributed by atoms with van der Waals surface area (Å²) in [7, 11) is 0. The quantitative estimate of drug-likeness (QED) is 0.209. The van der Waals surface area contributed by atoms with Gasteiger partial charge < -0.3 is 21.5 Å². The number of nitrogens with zero attached hydrogens (tertiary/aromatic N) is 1. The molecule has 0 unspecified atom stereocenters. The number of hydrogen-bond acceptors (Lipinski definition) is 9. The van der Waals surface area contributed by atoms with Crippen molar-refractivity contribution in [3.05, 3.63) is 0 Å². The Kier molecular flexibility index (Phi) is 10.8. The van der Waals surface area contributed by atoms with Gasteiger partial charge in [-0.15, -0.1) is 0 Å². The van der Waals surface area contributed by atoms with E-state index in [4.69, 9.17) is 16.2 Å². The zero-order chi connectivity index (χ0) is 22.9. The monoisotopic (exact) mass is 426 g/mol. The molecule has 9 nitrogen and oxygen atoms in total. The highest BCUT2D eigenvalue weighted by Gasteiger charge is 2.37. The molecule has 1 saturated heterocycles. The molecule has 0 amide bonds. The van der Waals surface area contributed by atoms with Gasteiger partial charge in [-0.2, -0.15) is 0 Å². The molecule has 0 spiro atoms. The van der Waals surface area contributed by atoms with Crippen LogP contribution in [0.25, 0.3) is 0 Å². The topological polar surface area (TPSA) is 145 Å². The Morgan fingerprint density at radius 1 is 1.17 bits per heavy atom. The smallest absolute Gasteiger partial charge is 0.376 e. The Morgan fingerprint density at radius 3 is 2.43 bits per heavy atom. The first-order chi connectivity index (χ1) is 14.0. The zero-order valence-electron chi connectivity index (χ0n) is 18.7. The van der Waals surface area contributed by atoms with E-state index >= 15 is 0 Å². The second-order valence-electron chi connectivity index (χ2n) is 8.92. The number of carbonyl (C=O) groups excluding carboxylic acids is 4. The third-order valence-electron chi connectivity index (χ3n) is 5.07. The molecule has 172 valence electrons. The predicted molar refractivity (Wildman–Crippen MR) is 114 cm³/mol. The predicted octanol–water partition coefficient (Wildman–Crippen LogP) is -0.0658. The Labute approximate surface area is 179 Å². The van der Waals surface area contributed by atoms with Crippen molar-refractivity contribution in [1.29, 1.82) is 0 Å². The van der Waals surface area contributed by atoms with Gasteiger partial charge in [-0.3, -0.25) is 19.3 Å². The molecule has 1 fully saturated rings. The summed E-state index contributed by atoms with van der Waals surface area (Å²) in [5.41, 5.74) is 10.6. The van der Waals surface area contributed by atoms with Gasteiger partial charge in [0.05, 0.1) is 31.2 Å². The maximum absolute atomic E-state index is 12.6. The number of rotatable bonds is 13. The van der Waals surface area contributed by atoms with Gasteiger partial charge in [0.25, 0.3) is 5.78 Å². The summed E-state index contributed by atoms with van der Waals surface area (Å²) < 4.78 is 5.17. The van der Waals surface area contributed by atoms with Crippen molar-refractivity contribution in [1.82, 2.24) is 10.2 Å². The summed E-state index contributed by atoms with van der Waals surface area (Å²) >= 11 is 0. The number of ketones is 3. The molecule has 0 radical (unpaired) electrons. The SMILES string of the molecule is C[C@H](NCC(=O)[C@@H](N)CCCCN)C(=O)CN1CCC[C@H]1C(=O)C(=O)OC(C)(C)C. The lowest BCUT2D eigenvalue weighted by Crippen LogP contribution is -2.49. The molecule has 1 heterocycles. The number of ether oxygens (including phenoxy) is 1. The minimum Gasteiger partial charge on any atom is -0.454 e. The van der Waals surface area contributed by atoms with Crippen molar-refractivity contribution >= 4 is 23.3 Å². The molecular formula is C21H38N4O5. The number of likely N-dealkylation sites (tertiary alicyclic amines) is 1. The minimum absolute atomic E-state index is 0.0109. The normalized spacial score (nSPS) is 19.3. The molecule has 0 saturated carbocycles. The van der Waals surface area contributed by atoms with Gasteiger partial charge in [0.1, 0.15) is 5.60 Å². The van der Waals surface area contributed by atoms with Crippen LogP contribution in [-0.2, 0) is 23.9 Å². The number of Topliss-reactive ketones (excluding diaryl/α,β-unsaturated/α-hetero) is 3. The molecule has 5 N–H and O–H groups in total. The second-order valence-corrected chi connectivity index (χ2v) is 8.92. The van der Waals surface area contributed by atoms with E-state index in [9.17, 15) is 19.2 Å². The van der Waals surface area contributed by atoms with E-state index in [2.05, 4.69) is 5.32 Å². The first-order valence-corrected chi connectivity index (χ1v) is 10.7. The number of nitrogens with two attached hydrogens (primary N) is 2. The lowest BCUT2D eigenvalue weighted by atomic mass is 10.1. The molecule has 0 bridgehead atoms. The van der Waals surface area contributed by atoms with Gasteiger partial charge in [0, 0.05) is 0 Å². The Bertz CT molecular complexity index is 617. The Balaban J connectivity index is 2.50. The number of esters is 1. The Hall–Kier alpha value is -1.68. The van der Waals surface area contributed by atoms with Gasteiger partial charge in [-0.05, 0) is 66.5 Å². The highest BCUT2D eigenvalue weighted by molar-refractivity contribution is 6.35. The van der Waals surface area contributed by atoms with Crippen molar-refractivity contribution in [3.63, 3.8) is 0 Å². The van der Waals surface area contributed by atoms with Crippen molar-refractivity contribution in [3.8, 4) is 0 Å². The first kappa shape index (κ1) is 26.4. The standard InChI is InChI=1S/C21H38N4O5/c1-14(24-12-17(26)15(23)8-5-6-10-22)18(27)13-25-11-7-9-16(25)19(28)20(29)30-21(2,3)4/h14-16,24H,5-13,22-23H2,1-4H3/t14-,15-,16-/m0/s1. The Morgan fingerprint density at radius 2 is 1.83 bits per heavy atom. The van der Waals surface area contributed by atoms with E-state index in [1.165, 1.54) is 0 Å². The van der Waals surface area contributed by atoms with E-state index in [1.807, 2.05) is 0 Å². The zero-order valence-corrected chi connectivity index (χ0v) is 18.7. The number of hydrogen-bond donors (Lipinski definition) is 3. The molecule has 0 aliphatic carbocycles. The molecule has 0 aromatic heterocycles. The van der Waals surface area contributed by atoms with Crippen molar-refractivity contribution in [2.75, 3.05) is 26.2 Å². The highest BCUT2D eigenvalue weighted by atomic mass is 16.6. The van der Waals surface area contributed by atoms with Crippen LogP contribution in [0.2, 0.25) is 0 Å². The van der Waals surface area contributed by atoms with Crippen LogP contribution >= 0.6 is 0 Å². The average molecular weight is 427 g/mol. The summed E-state index contributed by atoms with van der Waals surface area (Å²) in [5.74, 6) is -1.78. The first-order valence-electron chi connectivity index (χ1n) is 10.7. The maximum atomic E-state index is 12.6. The van der Waals surface area contributed by atoms with Gasteiger partial charge in [-0.25, -0.2) is 4.79 Å². The van der Waals surface area contributed by atoms with E-state index < -0.39 is 35.5 Å². The maximum Gasteiger partial charge on any atom is 0.376 e. The van der Waals surface area contributed by atoms with Crippen molar-refractivity contribution < 1.29 is 23.9 Å². The summed E-state index contributed by atoms with van der Waals surface area (Å²) in [5, 5.41) is 2.92. The summed E-state index contributed by atoms with van der Waals surface area (Å²) in [4.78, 5) is 51.0. The molecular weight excluding hydrogens is 388 g/mol. The van der Waals surface area contributed by atoms with Crippen LogP contribution in [-0.4, -0.2) is 78.1 Å². The van der Waals surface area contributed by atoms with E-state index in [0.29, 0.717) is 25.9 Å². The highest BCUT2D eigenvalue weighted by Crippen LogP contribution is 2.20. The summed E-state index contributed by atoms with van der Waals surface area (Å²) in [6, 6.07) is -1.78. The minimum atomic E-state index is -0.868. The van der Waals surface area contributed by atoms with Crippen LogP contribution < -0.4 is 16.8 Å². The third-order valence-corrected chi connectivity index (χ3v) is 5.07. The van der Waals surface area contributed by atoms with Crippen molar-refractivity contribution in [2.45, 2.75) is 83.5 Å². The number of nitrogens with one attached hydrogen (secondary N) is 1. The molecule has 0 aromatic carbocycles. The van der Waals surface area contributed by atoms with Crippen LogP contribution in [0.4, 0.5) is 0 Å². The second kappa shape index (κ2) is 12.2. The fourth-order valence-electron chi connectivity index (χ4n) is 3.28. The van der Waals surface area contributed by atoms with Gasteiger partial charge in [0.15, 0.2) is 11.6 Å². The van der Waals surface area contributed by atoms with E-state index in [-0.39, 0.29) is 24.7 Å². The molecule has 1 aliphatic rings. The lowest BCUT2D eigenvalue weighted by Gasteiger charge is -2.25. The third kappa shape index (κ3) is 8.99. The molecule has 9 heteroatoms. The molecule has 30 heavy (non-hydrogen) atoms. The summed E-state index contributed by atoms with van der Waals surface area (Å²) in [6.07, 6.45) is 3.43. The van der Waals surface area contributed by atoms with E-state index in [1.54, 1.807) is 32.6 Å². The largest absolute Gasteiger partial charge is 0.454 e. The lowest BCUT2D eigenvalue weighted by molar-refractivity contribution is -0.164. The number of unbranched alkanes of at least 4 members (excludes halogenated alkanes) is 1. The molecule has 1 aliphatic heterocycles. The fourth-order valence-corrected chi connectivity index (χ4v) is 3.28. The van der Waals surface area contributed by atoms with Crippen LogP contribution in [0.1, 0.15) is 59.8 Å². The fraction of sp³-hybridized carbons (Fsp3) is 0.810. The van der Waals surface area contributed by atoms with E-state index in [0.717, 1.165) is 19.3 Å². The van der Waals surface area contributed by atoms with Gasteiger partial charge in [0.2, 0.25) is 0 Å². The van der Waals surface area contributed by atoms with Gasteiger partial charge >= 0.3 is 5.97 Å². The van der Waals surface area contributed by atoms with Crippen molar-refractivity contribution in [2.24, 2.45) is 11.5 Å². The van der Waals surface area contributed by atoms with Crippen LogP contribution in [0.15, 0.2) is 0 Å². The van der Waals surface area contributed by atoms with Crippen LogP contribution in [0, 0.1) is 0 Å².